The fourth-order valence-corrected chi connectivity index (χ4v) is 2.32. The van der Waals surface area contributed by atoms with E-state index < -0.39 is 0 Å². The minimum absolute atomic E-state index is 0.0126. The molecular formula is C17H20N4O3. The number of ether oxygens (including phenoxy) is 1. The molecule has 1 heterocycles. The number of nitrogens with zero attached hydrogens (tertiary/aromatic N) is 2. The summed E-state index contributed by atoms with van der Waals surface area (Å²) in [7, 11) is 3.30. The van der Waals surface area contributed by atoms with Crippen molar-refractivity contribution >= 4 is 17.6 Å². The standard InChI is InChI=1S/C17H20N4O3/c1-21-15(19-16(22)12-6-7-12)9-14(20-21)17(23)18-10-11-4-3-5-13(8-11)24-2/h3-5,8-9,12H,6-7,10H2,1-2H3,(H,18,23)(H,19,22). The molecule has 0 bridgehead atoms. The SMILES string of the molecule is COc1cccc(CNC(=O)c2cc(NC(=O)C3CC3)n(C)n2)c1. The van der Waals surface area contributed by atoms with E-state index in [1.807, 2.05) is 24.3 Å². The highest BCUT2D eigenvalue weighted by Gasteiger charge is 2.30. The Morgan fingerprint density at radius 2 is 2.12 bits per heavy atom. The van der Waals surface area contributed by atoms with Crippen molar-refractivity contribution in [2.75, 3.05) is 12.4 Å². The van der Waals surface area contributed by atoms with E-state index >= 15 is 0 Å². The predicted molar refractivity (Wildman–Crippen MR) is 88.7 cm³/mol. The van der Waals surface area contributed by atoms with Gasteiger partial charge in [0.15, 0.2) is 5.69 Å². The van der Waals surface area contributed by atoms with Gasteiger partial charge < -0.3 is 15.4 Å². The van der Waals surface area contributed by atoms with Crippen molar-refractivity contribution in [1.29, 1.82) is 0 Å². The van der Waals surface area contributed by atoms with Gasteiger partial charge in [-0.25, -0.2) is 0 Å². The molecule has 0 atom stereocenters. The lowest BCUT2D eigenvalue weighted by atomic mass is 10.2. The van der Waals surface area contributed by atoms with Gasteiger partial charge in [-0.3, -0.25) is 14.3 Å². The van der Waals surface area contributed by atoms with Gasteiger partial charge in [-0.15, -0.1) is 0 Å². The third-order valence-electron chi connectivity index (χ3n) is 3.90. The maximum absolute atomic E-state index is 12.2. The number of rotatable bonds is 6. The summed E-state index contributed by atoms with van der Waals surface area (Å²) < 4.78 is 6.66. The zero-order chi connectivity index (χ0) is 17.1. The summed E-state index contributed by atoms with van der Waals surface area (Å²) >= 11 is 0. The number of amides is 2. The van der Waals surface area contributed by atoms with E-state index in [4.69, 9.17) is 4.74 Å². The number of anilines is 1. The third kappa shape index (κ3) is 3.73. The maximum Gasteiger partial charge on any atom is 0.272 e. The first kappa shape index (κ1) is 16.0. The third-order valence-corrected chi connectivity index (χ3v) is 3.90. The molecule has 2 amide bonds. The van der Waals surface area contributed by atoms with Crippen molar-refractivity contribution in [3.8, 4) is 5.75 Å². The quantitative estimate of drug-likeness (QED) is 0.845. The lowest BCUT2D eigenvalue weighted by molar-refractivity contribution is -0.117. The molecule has 126 valence electrons. The lowest BCUT2D eigenvalue weighted by Gasteiger charge is -2.05. The summed E-state index contributed by atoms with van der Waals surface area (Å²) in [5, 5.41) is 9.77. The Balaban J connectivity index is 1.61. The Morgan fingerprint density at radius 3 is 2.83 bits per heavy atom. The molecule has 0 spiro atoms. The van der Waals surface area contributed by atoms with Crippen LogP contribution in [0.1, 0.15) is 28.9 Å². The molecule has 0 unspecified atom stereocenters. The van der Waals surface area contributed by atoms with Crippen LogP contribution < -0.4 is 15.4 Å². The van der Waals surface area contributed by atoms with E-state index in [-0.39, 0.29) is 23.4 Å². The number of nitrogens with one attached hydrogen (secondary N) is 2. The van der Waals surface area contributed by atoms with Gasteiger partial charge in [-0.2, -0.15) is 5.10 Å². The van der Waals surface area contributed by atoms with Crippen LogP contribution in [-0.4, -0.2) is 28.7 Å². The van der Waals surface area contributed by atoms with E-state index in [0.29, 0.717) is 12.4 Å². The van der Waals surface area contributed by atoms with Crippen LogP contribution in [0.4, 0.5) is 5.82 Å². The van der Waals surface area contributed by atoms with E-state index in [9.17, 15) is 9.59 Å². The van der Waals surface area contributed by atoms with Crippen LogP contribution in [-0.2, 0) is 18.4 Å². The molecule has 0 saturated heterocycles. The van der Waals surface area contributed by atoms with Crippen LogP contribution >= 0.6 is 0 Å². The average Bonchev–Trinajstić information content (AvgIpc) is 3.38. The second-order valence-electron chi connectivity index (χ2n) is 5.84. The number of hydrogen-bond donors (Lipinski definition) is 2. The van der Waals surface area contributed by atoms with E-state index in [1.165, 1.54) is 4.68 Å². The second-order valence-corrected chi connectivity index (χ2v) is 5.84. The Hall–Kier alpha value is -2.83. The molecule has 24 heavy (non-hydrogen) atoms. The molecule has 2 aromatic rings. The minimum Gasteiger partial charge on any atom is -0.497 e. The highest BCUT2D eigenvalue weighted by Crippen LogP contribution is 2.30. The average molecular weight is 328 g/mol. The molecule has 1 aliphatic carbocycles. The van der Waals surface area contributed by atoms with Crippen molar-refractivity contribution in [3.63, 3.8) is 0 Å². The van der Waals surface area contributed by atoms with E-state index in [0.717, 1.165) is 24.2 Å². The largest absolute Gasteiger partial charge is 0.497 e. The predicted octanol–water partition coefficient (Wildman–Crippen LogP) is 1.71. The highest BCUT2D eigenvalue weighted by molar-refractivity contribution is 5.96. The van der Waals surface area contributed by atoms with Crippen LogP contribution in [0.15, 0.2) is 30.3 Å². The molecular weight excluding hydrogens is 308 g/mol. The second kappa shape index (κ2) is 6.74. The zero-order valence-corrected chi connectivity index (χ0v) is 13.7. The fourth-order valence-electron chi connectivity index (χ4n) is 2.32. The normalized spacial score (nSPS) is 13.4. The summed E-state index contributed by atoms with van der Waals surface area (Å²) in [6.07, 6.45) is 1.86. The fraction of sp³-hybridized carbons (Fsp3) is 0.353. The lowest BCUT2D eigenvalue weighted by Crippen LogP contribution is -2.23. The van der Waals surface area contributed by atoms with Crippen molar-refractivity contribution in [1.82, 2.24) is 15.1 Å². The maximum atomic E-state index is 12.2. The number of benzene rings is 1. The summed E-state index contributed by atoms with van der Waals surface area (Å²) in [5.74, 6) is 1.06. The van der Waals surface area contributed by atoms with Gasteiger partial charge in [0.1, 0.15) is 11.6 Å². The van der Waals surface area contributed by atoms with Crippen LogP contribution in [0.25, 0.3) is 0 Å². The van der Waals surface area contributed by atoms with Gasteiger partial charge in [-0.1, -0.05) is 12.1 Å². The Morgan fingerprint density at radius 1 is 1.33 bits per heavy atom. The smallest absolute Gasteiger partial charge is 0.272 e. The monoisotopic (exact) mass is 328 g/mol. The molecule has 7 nitrogen and oxygen atoms in total. The minimum atomic E-state index is -0.291. The summed E-state index contributed by atoms with van der Waals surface area (Å²) in [5.41, 5.74) is 1.20. The van der Waals surface area contributed by atoms with Gasteiger partial charge in [0.25, 0.3) is 5.91 Å². The van der Waals surface area contributed by atoms with Gasteiger partial charge in [0, 0.05) is 25.6 Å². The molecule has 1 fully saturated rings. The molecule has 7 heteroatoms. The first-order valence-electron chi connectivity index (χ1n) is 7.83. The number of carbonyl (C=O) groups excluding carboxylic acids is 2. The van der Waals surface area contributed by atoms with Gasteiger partial charge in [0.2, 0.25) is 5.91 Å². The zero-order valence-electron chi connectivity index (χ0n) is 13.7. The molecule has 1 aromatic heterocycles. The number of carbonyl (C=O) groups is 2. The molecule has 2 N–H and O–H groups in total. The molecule has 1 aliphatic rings. The number of hydrogen-bond acceptors (Lipinski definition) is 4. The molecule has 3 rings (SSSR count). The first-order valence-corrected chi connectivity index (χ1v) is 7.83. The Kier molecular flexibility index (Phi) is 4.50. The van der Waals surface area contributed by atoms with Crippen LogP contribution in [0, 0.1) is 5.92 Å². The van der Waals surface area contributed by atoms with Crippen molar-refractivity contribution in [2.45, 2.75) is 19.4 Å². The van der Waals surface area contributed by atoms with Crippen molar-refractivity contribution < 1.29 is 14.3 Å². The molecule has 0 radical (unpaired) electrons. The van der Waals surface area contributed by atoms with E-state index in [1.54, 1.807) is 20.2 Å². The van der Waals surface area contributed by atoms with Gasteiger partial charge in [0.05, 0.1) is 7.11 Å². The number of aromatic nitrogens is 2. The summed E-state index contributed by atoms with van der Waals surface area (Å²) in [6.45, 7) is 0.371. The number of methoxy groups -OCH3 is 1. The van der Waals surface area contributed by atoms with Crippen molar-refractivity contribution in [2.24, 2.45) is 13.0 Å². The first-order chi connectivity index (χ1) is 11.6. The van der Waals surface area contributed by atoms with Crippen LogP contribution in [0.2, 0.25) is 0 Å². The number of aryl methyl sites for hydroxylation is 1. The topological polar surface area (TPSA) is 85.3 Å². The molecule has 1 saturated carbocycles. The van der Waals surface area contributed by atoms with Crippen LogP contribution in [0.5, 0.6) is 5.75 Å². The van der Waals surface area contributed by atoms with E-state index in [2.05, 4.69) is 15.7 Å². The molecule has 1 aromatic carbocycles. The summed E-state index contributed by atoms with van der Waals surface area (Å²) in [6, 6.07) is 9.06. The van der Waals surface area contributed by atoms with Gasteiger partial charge >= 0.3 is 0 Å². The highest BCUT2D eigenvalue weighted by atomic mass is 16.5. The molecule has 0 aliphatic heterocycles. The summed E-state index contributed by atoms with van der Waals surface area (Å²) in [4.78, 5) is 24.1. The van der Waals surface area contributed by atoms with Crippen LogP contribution in [0.3, 0.4) is 0 Å². The van der Waals surface area contributed by atoms with Gasteiger partial charge in [-0.05, 0) is 30.5 Å². The Labute approximate surface area is 140 Å². The Bertz CT molecular complexity index is 765. The van der Waals surface area contributed by atoms with Crippen molar-refractivity contribution in [3.05, 3.63) is 41.6 Å².